The van der Waals surface area contributed by atoms with Gasteiger partial charge in [0.1, 0.15) is 17.3 Å². The van der Waals surface area contributed by atoms with Crippen molar-refractivity contribution in [2.24, 2.45) is 0 Å². The Labute approximate surface area is 111 Å². The monoisotopic (exact) mass is 263 g/mol. The highest BCUT2D eigenvalue weighted by Gasteiger charge is 2.18. The first-order valence-electron chi connectivity index (χ1n) is 6.50. The van der Waals surface area contributed by atoms with E-state index in [0.29, 0.717) is 35.7 Å². The molecule has 1 heterocycles. The fourth-order valence-corrected chi connectivity index (χ4v) is 2.04. The number of halogens is 1. The molecule has 0 aliphatic rings. The third-order valence-electron chi connectivity index (χ3n) is 3.03. The molecule has 0 unspecified atom stereocenters. The van der Waals surface area contributed by atoms with Gasteiger partial charge < -0.3 is 5.11 Å². The molecular weight excluding hydrogens is 245 g/mol. The molecule has 102 valence electrons. The van der Waals surface area contributed by atoms with Crippen LogP contribution in [-0.4, -0.2) is 19.9 Å². The summed E-state index contributed by atoms with van der Waals surface area (Å²) in [5, 5.41) is 14.1. The lowest BCUT2D eigenvalue weighted by Gasteiger charge is -2.14. The highest BCUT2D eigenvalue weighted by atomic mass is 19.1. The number of nitrogens with zero attached hydrogens (tertiary/aromatic N) is 3. The van der Waals surface area contributed by atoms with E-state index >= 15 is 0 Å². The Bertz CT molecular complexity index is 578. The Morgan fingerprint density at radius 2 is 2.05 bits per heavy atom. The van der Waals surface area contributed by atoms with Gasteiger partial charge in [0, 0.05) is 18.4 Å². The average molecular weight is 263 g/mol. The van der Waals surface area contributed by atoms with Gasteiger partial charge in [0.2, 0.25) is 0 Å². The number of aromatic nitrogens is 3. The Morgan fingerprint density at radius 3 is 2.63 bits per heavy atom. The molecule has 4 nitrogen and oxygen atoms in total. The predicted octanol–water partition coefficient (Wildman–Crippen LogP) is 2.58. The van der Waals surface area contributed by atoms with E-state index in [1.807, 2.05) is 13.8 Å². The van der Waals surface area contributed by atoms with Gasteiger partial charge in [-0.2, -0.15) is 5.10 Å². The second-order valence-corrected chi connectivity index (χ2v) is 4.42. The van der Waals surface area contributed by atoms with E-state index in [1.54, 1.807) is 19.1 Å². The molecule has 2 rings (SSSR count). The lowest BCUT2D eigenvalue weighted by molar-refractivity contribution is 0.198. The number of para-hydroxylation sites is 1. The van der Waals surface area contributed by atoms with Crippen LogP contribution in [0.15, 0.2) is 18.2 Å². The molecule has 19 heavy (non-hydrogen) atoms. The summed E-state index contributed by atoms with van der Waals surface area (Å²) in [6.45, 7) is 5.51. The molecule has 1 aromatic heterocycles. The van der Waals surface area contributed by atoms with Gasteiger partial charge in [0.15, 0.2) is 5.82 Å². The molecule has 0 radical (unpaired) electrons. The molecule has 0 aliphatic heterocycles. The molecule has 0 saturated heterocycles. The van der Waals surface area contributed by atoms with E-state index in [-0.39, 0.29) is 0 Å². The van der Waals surface area contributed by atoms with Crippen LogP contribution in [0.2, 0.25) is 0 Å². The first-order valence-corrected chi connectivity index (χ1v) is 6.50. The van der Waals surface area contributed by atoms with Crippen molar-refractivity contribution in [1.82, 2.24) is 14.8 Å². The zero-order valence-electron chi connectivity index (χ0n) is 11.4. The standard InChI is InChI=1S/C14H18FN3O/c1-4-12-16-13(5-2)18(17-12)14-10(9(3)19)7-6-8-11(14)15/h6-9,19H,4-5H2,1-3H3/t9-/m0/s1. The first kappa shape index (κ1) is 13.7. The van der Waals surface area contributed by atoms with Crippen LogP contribution in [-0.2, 0) is 12.8 Å². The fourth-order valence-electron chi connectivity index (χ4n) is 2.04. The van der Waals surface area contributed by atoms with Gasteiger partial charge in [0.25, 0.3) is 0 Å². The van der Waals surface area contributed by atoms with Crippen LogP contribution in [0, 0.1) is 5.82 Å². The number of hydrogen-bond donors (Lipinski definition) is 1. The topological polar surface area (TPSA) is 50.9 Å². The quantitative estimate of drug-likeness (QED) is 0.922. The van der Waals surface area contributed by atoms with E-state index in [4.69, 9.17) is 0 Å². The number of rotatable bonds is 4. The maximum Gasteiger partial charge on any atom is 0.151 e. The van der Waals surface area contributed by atoms with Crippen LogP contribution in [0.25, 0.3) is 5.69 Å². The zero-order valence-corrected chi connectivity index (χ0v) is 11.4. The van der Waals surface area contributed by atoms with Crippen LogP contribution >= 0.6 is 0 Å². The molecule has 0 spiro atoms. The van der Waals surface area contributed by atoms with Crippen LogP contribution in [0.3, 0.4) is 0 Å². The number of aliphatic hydroxyl groups is 1. The molecule has 1 aromatic carbocycles. The van der Waals surface area contributed by atoms with Gasteiger partial charge in [-0.1, -0.05) is 26.0 Å². The highest BCUT2D eigenvalue weighted by molar-refractivity contribution is 5.43. The van der Waals surface area contributed by atoms with Crippen LogP contribution in [0.5, 0.6) is 0 Å². The van der Waals surface area contributed by atoms with Crippen molar-refractivity contribution in [3.05, 3.63) is 41.2 Å². The number of hydrogen-bond acceptors (Lipinski definition) is 3. The molecule has 0 saturated carbocycles. The van der Waals surface area contributed by atoms with E-state index < -0.39 is 11.9 Å². The molecule has 2 aromatic rings. The fraction of sp³-hybridized carbons (Fsp3) is 0.429. The summed E-state index contributed by atoms with van der Waals surface area (Å²) in [5.74, 6) is 0.973. The minimum Gasteiger partial charge on any atom is -0.389 e. The second kappa shape index (κ2) is 5.48. The third kappa shape index (κ3) is 2.51. The molecule has 0 amide bonds. The lowest BCUT2D eigenvalue weighted by atomic mass is 10.1. The van der Waals surface area contributed by atoms with Gasteiger partial charge in [-0.25, -0.2) is 14.1 Å². The lowest BCUT2D eigenvalue weighted by Crippen LogP contribution is -2.10. The minimum absolute atomic E-state index is 0.293. The van der Waals surface area contributed by atoms with Crippen molar-refractivity contribution >= 4 is 0 Å². The van der Waals surface area contributed by atoms with Crippen molar-refractivity contribution in [3.63, 3.8) is 0 Å². The maximum absolute atomic E-state index is 14.1. The van der Waals surface area contributed by atoms with Gasteiger partial charge in [-0.15, -0.1) is 0 Å². The van der Waals surface area contributed by atoms with Crippen molar-refractivity contribution in [2.75, 3.05) is 0 Å². The Kier molecular flexibility index (Phi) is 3.95. The van der Waals surface area contributed by atoms with Gasteiger partial charge >= 0.3 is 0 Å². The number of aliphatic hydroxyl groups excluding tert-OH is 1. The van der Waals surface area contributed by atoms with E-state index in [9.17, 15) is 9.50 Å². The maximum atomic E-state index is 14.1. The SMILES string of the molecule is CCc1nc(CC)n(-c2c(F)cccc2[C@H](C)O)n1. The molecular formula is C14H18FN3O. The molecule has 0 bridgehead atoms. The average Bonchev–Trinajstić information content (AvgIpc) is 2.81. The first-order chi connectivity index (χ1) is 9.08. The summed E-state index contributed by atoms with van der Waals surface area (Å²) in [7, 11) is 0. The number of aryl methyl sites for hydroxylation is 2. The van der Waals surface area contributed by atoms with Crippen LogP contribution in [0.4, 0.5) is 4.39 Å². The summed E-state index contributed by atoms with van der Waals surface area (Å²) in [5.41, 5.74) is 0.809. The van der Waals surface area contributed by atoms with E-state index in [0.717, 1.165) is 0 Å². The summed E-state index contributed by atoms with van der Waals surface area (Å²) in [6.07, 6.45) is 0.587. The molecule has 5 heteroatoms. The van der Waals surface area contributed by atoms with Crippen LogP contribution < -0.4 is 0 Å². The third-order valence-corrected chi connectivity index (χ3v) is 3.03. The van der Waals surface area contributed by atoms with E-state index in [2.05, 4.69) is 10.1 Å². The molecule has 1 N–H and O–H groups in total. The molecule has 0 fully saturated rings. The largest absolute Gasteiger partial charge is 0.389 e. The Hall–Kier alpha value is -1.75. The van der Waals surface area contributed by atoms with Crippen molar-refractivity contribution in [3.8, 4) is 5.69 Å². The van der Waals surface area contributed by atoms with Crippen LogP contribution in [0.1, 0.15) is 44.1 Å². The van der Waals surface area contributed by atoms with E-state index in [1.165, 1.54) is 10.7 Å². The number of benzene rings is 1. The van der Waals surface area contributed by atoms with Crippen molar-refractivity contribution in [2.45, 2.75) is 39.7 Å². The Balaban J connectivity index is 2.67. The second-order valence-electron chi connectivity index (χ2n) is 4.42. The molecule has 1 atom stereocenters. The van der Waals surface area contributed by atoms with Crippen molar-refractivity contribution < 1.29 is 9.50 Å². The summed E-state index contributed by atoms with van der Waals surface area (Å²) >= 11 is 0. The smallest absolute Gasteiger partial charge is 0.151 e. The van der Waals surface area contributed by atoms with Gasteiger partial charge in [0.05, 0.1) is 6.10 Å². The summed E-state index contributed by atoms with van der Waals surface area (Å²) < 4.78 is 15.6. The minimum atomic E-state index is -0.760. The summed E-state index contributed by atoms with van der Waals surface area (Å²) in [6, 6.07) is 4.66. The summed E-state index contributed by atoms with van der Waals surface area (Å²) in [4.78, 5) is 4.37. The normalized spacial score (nSPS) is 12.7. The van der Waals surface area contributed by atoms with Crippen molar-refractivity contribution in [1.29, 1.82) is 0 Å². The van der Waals surface area contributed by atoms with Gasteiger partial charge in [-0.3, -0.25) is 0 Å². The predicted molar refractivity (Wildman–Crippen MR) is 70.7 cm³/mol. The Morgan fingerprint density at radius 1 is 1.32 bits per heavy atom. The zero-order chi connectivity index (χ0) is 14.0. The highest BCUT2D eigenvalue weighted by Crippen LogP contribution is 2.25. The molecule has 0 aliphatic carbocycles. The van der Waals surface area contributed by atoms with Gasteiger partial charge in [-0.05, 0) is 13.0 Å².